The highest BCUT2D eigenvalue weighted by Crippen LogP contribution is 2.49. The minimum absolute atomic E-state index is 0.332. The molecule has 21 heavy (non-hydrogen) atoms. The number of allylic oxidation sites excluding steroid dienone is 2. The van der Waals surface area contributed by atoms with Gasteiger partial charge in [-0.1, -0.05) is 25.1 Å². The van der Waals surface area contributed by atoms with Crippen LogP contribution in [0, 0.1) is 0 Å². The third kappa shape index (κ3) is 2.21. The molecule has 0 aliphatic heterocycles. The Morgan fingerprint density at radius 2 is 1.81 bits per heavy atom. The standard InChI is InChI=1S/C19H20O2/c1-4-16-17-10-7-14(20)11-18(17)12(2)19(16)13-5-8-15(21-3)9-6-13/h5-11,16,20H,4H2,1-3H3/t16-/m1/s1. The molecule has 1 aliphatic rings. The van der Waals surface area contributed by atoms with Gasteiger partial charge in [0.15, 0.2) is 0 Å². The van der Waals surface area contributed by atoms with Crippen LogP contribution in [-0.4, -0.2) is 12.2 Å². The van der Waals surface area contributed by atoms with Gasteiger partial charge in [-0.05, 0) is 65.4 Å². The lowest BCUT2D eigenvalue weighted by atomic mass is 9.89. The summed E-state index contributed by atoms with van der Waals surface area (Å²) in [6.07, 6.45) is 1.05. The molecule has 2 heteroatoms. The summed E-state index contributed by atoms with van der Waals surface area (Å²) in [6, 6.07) is 14.0. The van der Waals surface area contributed by atoms with Crippen molar-refractivity contribution in [3.63, 3.8) is 0 Å². The lowest BCUT2D eigenvalue weighted by Gasteiger charge is -2.15. The highest BCUT2D eigenvalue weighted by molar-refractivity contribution is 5.98. The van der Waals surface area contributed by atoms with Gasteiger partial charge in [-0.2, -0.15) is 0 Å². The van der Waals surface area contributed by atoms with Crippen molar-refractivity contribution in [3.05, 3.63) is 59.2 Å². The Kier molecular flexibility index (Phi) is 3.46. The van der Waals surface area contributed by atoms with Gasteiger partial charge in [0.05, 0.1) is 7.11 Å². The van der Waals surface area contributed by atoms with E-state index in [2.05, 4.69) is 32.0 Å². The van der Waals surface area contributed by atoms with Crippen LogP contribution >= 0.6 is 0 Å². The number of phenols is 1. The fourth-order valence-electron chi connectivity index (χ4n) is 3.35. The number of phenolic OH excluding ortho intramolecular Hbond substituents is 1. The fraction of sp³-hybridized carbons (Fsp3) is 0.263. The Hall–Kier alpha value is -2.22. The van der Waals surface area contributed by atoms with E-state index >= 15 is 0 Å². The van der Waals surface area contributed by atoms with Crippen molar-refractivity contribution in [1.29, 1.82) is 0 Å². The largest absolute Gasteiger partial charge is 0.508 e. The van der Waals surface area contributed by atoms with E-state index in [0.29, 0.717) is 11.7 Å². The molecular weight excluding hydrogens is 260 g/mol. The zero-order valence-corrected chi connectivity index (χ0v) is 12.7. The molecule has 0 heterocycles. The monoisotopic (exact) mass is 280 g/mol. The SMILES string of the molecule is CC[C@H]1C(c2ccc(OC)cc2)=C(C)c2cc(O)ccc21. The van der Waals surface area contributed by atoms with Crippen molar-refractivity contribution in [3.8, 4) is 11.5 Å². The predicted octanol–water partition coefficient (Wildman–Crippen LogP) is 4.84. The van der Waals surface area contributed by atoms with E-state index in [1.54, 1.807) is 13.2 Å². The summed E-state index contributed by atoms with van der Waals surface area (Å²) < 4.78 is 5.24. The van der Waals surface area contributed by atoms with Gasteiger partial charge in [0, 0.05) is 5.92 Å². The summed E-state index contributed by atoms with van der Waals surface area (Å²) >= 11 is 0. The lowest BCUT2D eigenvalue weighted by molar-refractivity contribution is 0.415. The second-order valence-corrected chi connectivity index (χ2v) is 5.50. The number of fused-ring (bicyclic) bond motifs is 1. The Labute approximate surface area is 125 Å². The summed E-state index contributed by atoms with van der Waals surface area (Å²) in [5.41, 5.74) is 6.35. The highest BCUT2D eigenvalue weighted by atomic mass is 16.5. The lowest BCUT2D eigenvalue weighted by Crippen LogP contribution is -1.97. The molecule has 0 unspecified atom stereocenters. The maximum Gasteiger partial charge on any atom is 0.118 e. The van der Waals surface area contributed by atoms with Gasteiger partial charge in [0.1, 0.15) is 11.5 Å². The molecule has 1 N–H and O–H groups in total. The molecule has 2 aromatic rings. The number of benzene rings is 2. The number of methoxy groups -OCH3 is 1. The molecule has 1 atom stereocenters. The van der Waals surface area contributed by atoms with Gasteiger partial charge in [-0.3, -0.25) is 0 Å². The molecule has 3 rings (SSSR count). The van der Waals surface area contributed by atoms with Gasteiger partial charge in [-0.25, -0.2) is 0 Å². The zero-order valence-electron chi connectivity index (χ0n) is 12.7. The first kappa shape index (κ1) is 13.7. The average Bonchev–Trinajstić information content (AvgIpc) is 2.79. The molecule has 2 nitrogen and oxygen atoms in total. The van der Waals surface area contributed by atoms with E-state index in [1.807, 2.05) is 18.2 Å². The fourth-order valence-corrected chi connectivity index (χ4v) is 3.35. The molecule has 0 aromatic heterocycles. The molecule has 2 aromatic carbocycles. The first-order valence-electron chi connectivity index (χ1n) is 7.34. The zero-order chi connectivity index (χ0) is 15.0. The van der Waals surface area contributed by atoms with Crippen LogP contribution in [0.3, 0.4) is 0 Å². The van der Waals surface area contributed by atoms with Gasteiger partial charge in [0.25, 0.3) is 0 Å². The van der Waals surface area contributed by atoms with Gasteiger partial charge in [-0.15, -0.1) is 0 Å². The Morgan fingerprint density at radius 3 is 2.43 bits per heavy atom. The second-order valence-electron chi connectivity index (χ2n) is 5.50. The Balaban J connectivity index is 2.12. The summed E-state index contributed by atoms with van der Waals surface area (Å²) in [5.74, 6) is 1.60. The van der Waals surface area contributed by atoms with Crippen molar-refractivity contribution < 1.29 is 9.84 Å². The normalized spacial score (nSPS) is 17.0. The minimum atomic E-state index is 0.332. The van der Waals surface area contributed by atoms with Gasteiger partial charge in [0.2, 0.25) is 0 Å². The number of hydrogen-bond acceptors (Lipinski definition) is 2. The van der Waals surface area contributed by atoms with Crippen LogP contribution < -0.4 is 4.74 Å². The molecule has 0 fully saturated rings. The van der Waals surface area contributed by atoms with E-state index in [-0.39, 0.29) is 0 Å². The van der Waals surface area contributed by atoms with E-state index in [9.17, 15) is 5.11 Å². The number of rotatable bonds is 3. The van der Waals surface area contributed by atoms with Crippen LogP contribution in [0.15, 0.2) is 42.5 Å². The third-order valence-corrected chi connectivity index (χ3v) is 4.38. The molecule has 0 radical (unpaired) electrons. The number of ether oxygens (including phenoxy) is 1. The van der Waals surface area contributed by atoms with Crippen LogP contribution in [0.2, 0.25) is 0 Å². The predicted molar refractivity (Wildman–Crippen MR) is 86.6 cm³/mol. The maximum absolute atomic E-state index is 9.76. The third-order valence-electron chi connectivity index (χ3n) is 4.38. The van der Waals surface area contributed by atoms with E-state index in [1.165, 1.54) is 27.8 Å². The summed E-state index contributed by atoms with van der Waals surface area (Å²) in [7, 11) is 1.68. The van der Waals surface area contributed by atoms with Crippen molar-refractivity contribution in [1.82, 2.24) is 0 Å². The Bertz CT molecular complexity index is 696. The Morgan fingerprint density at radius 1 is 1.10 bits per heavy atom. The van der Waals surface area contributed by atoms with Crippen LogP contribution in [0.25, 0.3) is 11.1 Å². The number of hydrogen-bond donors (Lipinski definition) is 1. The van der Waals surface area contributed by atoms with Crippen LogP contribution in [0.5, 0.6) is 11.5 Å². The molecule has 0 saturated heterocycles. The quantitative estimate of drug-likeness (QED) is 0.871. The average molecular weight is 280 g/mol. The smallest absolute Gasteiger partial charge is 0.118 e. The van der Waals surface area contributed by atoms with Gasteiger partial charge >= 0.3 is 0 Å². The van der Waals surface area contributed by atoms with Crippen LogP contribution in [0.4, 0.5) is 0 Å². The topological polar surface area (TPSA) is 29.5 Å². The van der Waals surface area contributed by atoms with E-state index in [4.69, 9.17) is 4.74 Å². The van der Waals surface area contributed by atoms with E-state index < -0.39 is 0 Å². The summed E-state index contributed by atoms with van der Waals surface area (Å²) in [5, 5.41) is 9.76. The molecule has 0 saturated carbocycles. The van der Waals surface area contributed by atoms with E-state index in [0.717, 1.165) is 12.2 Å². The first-order valence-corrected chi connectivity index (χ1v) is 7.34. The van der Waals surface area contributed by atoms with Crippen molar-refractivity contribution in [2.75, 3.05) is 7.11 Å². The van der Waals surface area contributed by atoms with Crippen LogP contribution in [-0.2, 0) is 0 Å². The van der Waals surface area contributed by atoms with Crippen LogP contribution in [0.1, 0.15) is 42.9 Å². The minimum Gasteiger partial charge on any atom is -0.508 e. The molecule has 0 spiro atoms. The van der Waals surface area contributed by atoms with Gasteiger partial charge < -0.3 is 9.84 Å². The molecular formula is C19H20O2. The summed E-state index contributed by atoms with van der Waals surface area (Å²) in [4.78, 5) is 0. The second kappa shape index (κ2) is 5.28. The molecule has 1 aliphatic carbocycles. The first-order chi connectivity index (χ1) is 10.2. The molecule has 0 amide bonds. The molecule has 108 valence electrons. The molecule has 0 bridgehead atoms. The summed E-state index contributed by atoms with van der Waals surface area (Å²) in [6.45, 7) is 4.36. The number of aromatic hydroxyl groups is 1. The highest BCUT2D eigenvalue weighted by Gasteiger charge is 2.29. The van der Waals surface area contributed by atoms with Crippen molar-refractivity contribution in [2.24, 2.45) is 0 Å². The van der Waals surface area contributed by atoms with Crippen molar-refractivity contribution in [2.45, 2.75) is 26.2 Å². The van der Waals surface area contributed by atoms with Crippen molar-refractivity contribution >= 4 is 11.1 Å². The maximum atomic E-state index is 9.76.